The molecule has 1 aliphatic rings. The van der Waals surface area contributed by atoms with Gasteiger partial charge in [0, 0.05) is 11.1 Å². The predicted molar refractivity (Wildman–Crippen MR) is 71.8 cm³/mol. The van der Waals surface area contributed by atoms with Gasteiger partial charge >= 0.3 is 0 Å². The molecule has 5 heteroatoms. The lowest BCUT2D eigenvalue weighted by Gasteiger charge is -2.21. The van der Waals surface area contributed by atoms with E-state index >= 15 is 0 Å². The summed E-state index contributed by atoms with van der Waals surface area (Å²) < 4.78 is 0. The Kier molecular flexibility index (Phi) is 2.67. The normalized spacial score (nSPS) is 14.5. The van der Waals surface area contributed by atoms with Gasteiger partial charge in [0.05, 0.1) is 11.2 Å². The largest absolute Gasteiger partial charge is 0.506 e. The van der Waals surface area contributed by atoms with E-state index < -0.39 is 0 Å². The summed E-state index contributed by atoms with van der Waals surface area (Å²) in [5.41, 5.74) is 9.68. The zero-order valence-electron chi connectivity index (χ0n) is 9.83. The third kappa shape index (κ3) is 1.64. The van der Waals surface area contributed by atoms with E-state index in [0.29, 0.717) is 10.8 Å². The summed E-state index contributed by atoms with van der Waals surface area (Å²) in [7, 11) is 0. The number of nitrogens with two attached hydrogens (primary N) is 1. The van der Waals surface area contributed by atoms with Crippen molar-refractivity contribution in [3.05, 3.63) is 28.4 Å². The van der Waals surface area contributed by atoms with Gasteiger partial charge in [0.25, 0.3) is 0 Å². The Hall–Kier alpha value is -1.68. The Morgan fingerprint density at radius 1 is 1.33 bits per heavy atom. The lowest BCUT2D eigenvalue weighted by atomic mass is 9.86. The van der Waals surface area contributed by atoms with Crippen LogP contribution in [0, 0.1) is 0 Å². The fourth-order valence-electron chi connectivity index (χ4n) is 2.64. The maximum atomic E-state index is 10.2. The van der Waals surface area contributed by atoms with Crippen LogP contribution >= 0.6 is 11.6 Å². The minimum Gasteiger partial charge on any atom is -0.506 e. The predicted octanol–water partition coefficient (Wildman–Crippen LogP) is 2.90. The van der Waals surface area contributed by atoms with E-state index in [4.69, 9.17) is 17.3 Å². The quantitative estimate of drug-likeness (QED) is 0.741. The lowest BCUT2D eigenvalue weighted by Crippen LogP contribution is -2.05. The van der Waals surface area contributed by atoms with E-state index in [2.05, 4.69) is 10.2 Å². The highest BCUT2D eigenvalue weighted by atomic mass is 35.5. The molecule has 4 N–H and O–H groups in total. The number of halogens is 1. The van der Waals surface area contributed by atoms with Crippen molar-refractivity contribution in [3.8, 4) is 16.9 Å². The smallest absolute Gasteiger partial charge is 0.142 e. The third-order valence-electron chi connectivity index (χ3n) is 3.51. The number of rotatable bonds is 1. The number of aromatic amines is 1. The first kappa shape index (κ1) is 11.4. The van der Waals surface area contributed by atoms with E-state index in [-0.39, 0.29) is 5.75 Å². The zero-order chi connectivity index (χ0) is 12.7. The van der Waals surface area contributed by atoms with Crippen LogP contribution in [0.15, 0.2) is 12.3 Å². The number of nitrogens with zero attached hydrogens (tertiary/aromatic N) is 1. The average Bonchev–Trinajstić information content (AvgIpc) is 2.77. The molecule has 0 saturated heterocycles. The Balaban J connectivity index is 2.30. The van der Waals surface area contributed by atoms with Crippen molar-refractivity contribution >= 4 is 17.4 Å². The summed E-state index contributed by atoms with van der Waals surface area (Å²) in [5.74, 6) is 0.561. The topological polar surface area (TPSA) is 74.9 Å². The summed E-state index contributed by atoms with van der Waals surface area (Å²) in [6.07, 6.45) is 5.86. The molecule has 18 heavy (non-hydrogen) atoms. The molecule has 3 rings (SSSR count). The number of nitrogen functional groups attached to an aromatic ring is 1. The van der Waals surface area contributed by atoms with Crippen LogP contribution in [0.1, 0.15) is 24.0 Å². The van der Waals surface area contributed by atoms with Crippen LogP contribution in [0.2, 0.25) is 5.02 Å². The third-order valence-corrected chi connectivity index (χ3v) is 3.80. The van der Waals surface area contributed by atoms with Gasteiger partial charge in [0.1, 0.15) is 11.6 Å². The Bertz CT molecular complexity index is 607. The summed E-state index contributed by atoms with van der Waals surface area (Å²) in [6, 6.07) is 1.87. The molecule has 94 valence electrons. The number of anilines is 1. The van der Waals surface area contributed by atoms with Crippen LogP contribution < -0.4 is 5.73 Å². The van der Waals surface area contributed by atoms with E-state index in [1.807, 2.05) is 6.07 Å². The summed E-state index contributed by atoms with van der Waals surface area (Å²) in [6.45, 7) is 0. The van der Waals surface area contributed by atoms with Crippen molar-refractivity contribution in [2.24, 2.45) is 0 Å². The first-order valence-electron chi connectivity index (χ1n) is 6.01. The average molecular weight is 264 g/mol. The van der Waals surface area contributed by atoms with E-state index in [1.54, 1.807) is 6.20 Å². The standard InChI is InChI=1S/C13H14ClN3O/c14-10-5-7-3-1-2-4-8(7)11(12(10)18)9-6-16-17-13(9)15/h5-6,18H,1-4H2,(H3,15,16,17). The fraction of sp³-hybridized carbons (Fsp3) is 0.308. The second kappa shape index (κ2) is 4.21. The number of hydrogen-bond donors (Lipinski definition) is 3. The van der Waals surface area contributed by atoms with Crippen molar-refractivity contribution in [2.75, 3.05) is 5.73 Å². The van der Waals surface area contributed by atoms with Gasteiger partial charge in [-0.2, -0.15) is 5.10 Å². The van der Waals surface area contributed by atoms with Crippen LogP contribution in [0.3, 0.4) is 0 Å². The second-order valence-corrected chi connectivity index (χ2v) is 5.03. The molecule has 0 atom stereocenters. The number of H-pyrrole nitrogens is 1. The van der Waals surface area contributed by atoms with Gasteiger partial charge in [-0.05, 0) is 42.9 Å². The molecule has 0 bridgehead atoms. The molecule has 1 aromatic heterocycles. The number of fused-ring (bicyclic) bond motifs is 1. The molecule has 1 aromatic carbocycles. The molecule has 0 aliphatic heterocycles. The second-order valence-electron chi connectivity index (χ2n) is 4.62. The van der Waals surface area contributed by atoms with Gasteiger partial charge in [-0.15, -0.1) is 0 Å². The molecule has 0 radical (unpaired) electrons. The number of phenolic OH excluding ortho intramolecular Hbond substituents is 1. The number of benzene rings is 1. The van der Waals surface area contributed by atoms with Crippen LogP contribution in [0.5, 0.6) is 5.75 Å². The lowest BCUT2D eigenvalue weighted by molar-refractivity contribution is 0.476. The maximum Gasteiger partial charge on any atom is 0.142 e. The number of aromatic nitrogens is 2. The monoisotopic (exact) mass is 263 g/mol. The van der Waals surface area contributed by atoms with Crippen molar-refractivity contribution in [1.82, 2.24) is 10.2 Å². The summed E-state index contributed by atoms with van der Waals surface area (Å²) in [4.78, 5) is 0. The highest BCUT2D eigenvalue weighted by Gasteiger charge is 2.22. The highest BCUT2D eigenvalue weighted by molar-refractivity contribution is 6.32. The van der Waals surface area contributed by atoms with Gasteiger partial charge in [0.2, 0.25) is 0 Å². The van der Waals surface area contributed by atoms with E-state index in [1.165, 1.54) is 5.56 Å². The molecule has 2 aromatic rings. The number of hydrogen-bond acceptors (Lipinski definition) is 3. The minimum absolute atomic E-state index is 0.102. The van der Waals surface area contributed by atoms with Crippen LogP contribution in [0.4, 0.5) is 5.82 Å². The molecule has 0 saturated carbocycles. The molecular formula is C13H14ClN3O. The summed E-state index contributed by atoms with van der Waals surface area (Å²) in [5, 5.41) is 17.2. The molecule has 4 nitrogen and oxygen atoms in total. The van der Waals surface area contributed by atoms with Gasteiger partial charge in [-0.25, -0.2) is 0 Å². The van der Waals surface area contributed by atoms with Crippen LogP contribution in [-0.4, -0.2) is 15.3 Å². The van der Waals surface area contributed by atoms with E-state index in [9.17, 15) is 5.11 Å². The van der Waals surface area contributed by atoms with Crippen LogP contribution in [-0.2, 0) is 12.8 Å². The Morgan fingerprint density at radius 3 is 2.83 bits per heavy atom. The van der Waals surface area contributed by atoms with Crippen molar-refractivity contribution < 1.29 is 5.11 Å². The van der Waals surface area contributed by atoms with Crippen molar-refractivity contribution in [1.29, 1.82) is 0 Å². The number of phenols is 1. The van der Waals surface area contributed by atoms with Crippen molar-refractivity contribution in [2.45, 2.75) is 25.7 Å². The van der Waals surface area contributed by atoms with Gasteiger partial charge < -0.3 is 10.8 Å². The van der Waals surface area contributed by atoms with Crippen molar-refractivity contribution in [3.63, 3.8) is 0 Å². The number of aryl methyl sites for hydroxylation is 1. The number of aromatic hydroxyl groups is 1. The summed E-state index contributed by atoms with van der Waals surface area (Å²) >= 11 is 6.10. The first-order chi connectivity index (χ1) is 8.68. The molecule has 1 aliphatic carbocycles. The molecule has 0 fully saturated rings. The highest BCUT2D eigenvalue weighted by Crippen LogP contribution is 2.43. The molecular weight excluding hydrogens is 250 g/mol. The van der Waals surface area contributed by atoms with E-state index in [0.717, 1.165) is 42.4 Å². The minimum atomic E-state index is 0.102. The zero-order valence-corrected chi connectivity index (χ0v) is 10.6. The maximum absolute atomic E-state index is 10.2. The molecule has 0 unspecified atom stereocenters. The van der Waals surface area contributed by atoms with Gasteiger partial charge in [-0.1, -0.05) is 11.6 Å². The van der Waals surface area contributed by atoms with Gasteiger partial charge in [0.15, 0.2) is 0 Å². The fourth-order valence-corrected chi connectivity index (χ4v) is 2.87. The Morgan fingerprint density at radius 2 is 2.11 bits per heavy atom. The molecule has 0 spiro atoms. The molecule has 1 heterocycles. The Labute approximate surface area is 110 Å². The van der Waals surface area contributed by atoms with Crippen LogP contribution in [0.25, 0.3) is 11.1 Å². The number of nitrogens with one attached hydrogen (secondary N) is 1. The first-order valence-corrected chi connectivity index (χ1v) is 6.38. The SMILES string of the molecule is Nc1[nH]ncc1-c1c(O)c(Cl)cc2c1CCCC2. The molecule has 0 amide bonds. The van der Waals surface area contributed by atoms with Gasteiger partial charge in [-0.3, -0.25) is 5.10 Å².